The Morgan fingerprint density at radius 3 is 2.30 bits per heavy atom. The van der Waals surface area contributed by atoms with Crippen molar-refractivity contribution in [1.29, 1.82) is 0 Å². The SMILES string of the molecule is COC(=O)c1ccccc1S(=O)(=O)N(Cc1ccc(C(C)C)cc1)C1CC1. The molecule has 1 fully saturated rings. The molecule has 0 amide bonds. The number of hydrogen-bond donors (Lipinski definition) is 0. The quantitative estimate of drug-likeness (QED) is 0.675. The molecule has 0 saturated heterocycles. The molecule has 0 unspecified atom stereocenters. The Hall–Kier alpha value is -2.18. The molecule has 0 bridgehead atoms. The van der Waals surface area contributed by atoms with Gasteiger partial charge in [0.05, 0.1) is 17.6 Å². The van der Waals surface area contributed by atoms with Gasteiger partial charge in [0.25, 0.3) is 0 Å². The van der Waals surface area contributed by atoms with Gasteiger partial charge in [0.2, 0.25) is 10.0 Å². The fraction of sp³-hybridized carbons (Fsp3) is 0.381. The third-order valence-electron chi connectivity index (χ3n) is 4.82. The minimum absolute atomic E-state index is 0.00236. The van der Waals surface area contributed by atoms with Crippen LogP contribution in [0.4, 0.5) is 0 Å². The number of rotatable bonds is 7. The van der Waals surface area contributed by atoms with Crippen LogP contribution in [0.5, 0.6) is 0 Å². The van der Waals surface area contributed by atoms with Gasteiger partial charge in [0.1, 0.15) is 0 Å². The average Bonchev–Trinajstić information content (AvgIpc) is 3.50. The van der Waals surface area contributed by atoms with Gasteiger partial charge in [-0.25, -0.2) is 13.2 Å². The standard InChI is InChI=1S/C21H25NO4S/c1-15(2)17-10-8-16(9-11-17)14-22(18-12-13-18)27(24,25)20-7-5-4-6-19(20)21(23)26-3/h4-11,15,18H,12-14H2,1-3H3. The summed E-state index contributed by atoms with van der Waals surface area (Å²) < 4.78 is 33.0. The number of hydrogen-bond acceptors (Lipinski definition) is 4. The molecule has 1 aliphatic carbocycles. The number of sulfonamides is 1. The number of nitrogens with zero attached hydrogens (tertiary/aromatic N) is 1. The van der Waals surface area contributed by atoms with Crippen LogP contribution in [-0.4, -0.2) is 31.8 Å². The number of carbonyl (C=O) groups is 1. The van der Waals surface area contributed by atoms with Crippen molar-refractivity contribution in [3.05, 3.63) is 65.2 Å². The van der Waals surface area contributed by atoms with Gasteiger partial charge in [-0.3, -0.25) is 0 Å². The summed E-state index contributed by atoms with van der Waals surface area (Å²) in [5.74, 6) is -0.222. The molecule has 2 aromatic rings. The van der Waals surface area contributed by atoms with Crippen LogP contribution in [0.25, 0.3) is 0 Å². The van der Waals surface area contributed by atoms with Crippen LogP contribution in [-0.2, 0) is 21.3 Å². The maximum Gasteiger partial charge on any atom is 0.339 e. The second kappa shape index (κ2) is 7.82. The highest BCUT2D eigenvalue weighted by molar-refractivity contribution is 7.89. The van der Waals surface area contributed by atoms with E-state index in [-0.39, 0.29) is 16.5 Å². The van der Waals surface area contributed by atoms with Gasteiger partial charge in [-0.15, -0.1) is 0 Å². The predicted octanol–water partition coefficient (Wildman–Crippen LogP) is 3.95. The van der Waals surface area contributed by atoms with Crippen LogP contribution >= 0.6 is 0 Å². The largest absolute Gasteiger partial charge is 0.465 e. The van der Waals surface area contributed by atoms with Gasteiger partial charge >= 0.3 is 5.97 Å². The molecule has 1 saturated carbocycles. The minimum atomic E-state index is -3.82. The molecule has 0 heterocycles. The van der Waals surface area contributed by atoms with Crippen LogP contribution in [0.1, 0.15) is 54.1 Å². The third kappa shape index (κ3) is 4.22. The number of benzene rings is 2. The topological polar surface area (TPSA) is 63.7 Å². The Bertz CT molecular complexity index is 915. The molecule has 5 nitrogen and oxygen atoms in total. The van der Waals surface area contributed by atoms with Crippen LogP contribution in [0.3, 0.4) is 0 Å². The average molecular weight is 388 g/mol. The van der Waals surface area contributed by atoms with E-state index in [9.17, 15) is 13.2 Å². The summed E-state index contributed by atoms with van der Waals surface area (Å²) in [4.78, 5) is 12.0. The molecule has 0 aromatic heterocycles. The first-order valence-corrected chi connectivity index (χ1v) is 10.6. The summed E-state index contributed by atoms with van der Waals surface area (Å²) in [6.07, 6.45) is 1.67. The van der Waals surface area contributed by atoms with Crippen molar-refractivity contribution >= 4 is 16.0 Å². The molecule has 1 aliphatic rings. The maximum absolute atomic E-state index is 13.4. The van der Waals surface area contributed by atoms with E-state index < -0.39 is 16.0 Å². The van der Waals surface area contributed by atoms with Gasteiger partial charge in [-0.05, 0) is 42.0 Å². The molecular formula is C21H25NO4S. The first-order chi connectivity index (χ1) is 12.8. The lowest BCUT2D eigenvalue weighted by molar-refractivity contribution is 0.0596. The van der Waals surface area contributed by atoms with Crippen molar-refractivity contribution in [2.24, 2.45) is 0 Å². The third-order valence-corrected chi connectivity index (χ3v) is 6.77. The second-order valence-corrected chi connectivity index (χ2v) is 9.02. The van der Waals surface area contributed by atoms with Crippen molar-refractivity contribution in [2.45, 2.75) is 50.1 Å². The lowest BCUT2D eigenvalue weighted by Gasteiger charge is -2.23. The van der Waals surface area contributed by atoms with Crippen LogP contribution in [0.15, 0.2) is 53.4 Å². The Morgan fingerprint density at radius 1 is 1.11 bits per heavy atom. The number of ether oxygens (including phenoxy) is 1. The van der Waals surface area contributed by atoms with Crippen molar-refractivity contribution in [1.82, 2.24) is 4.31 Å². The molecular weight excluding hydrogens is 362 g/mol. The van der Waals surface area contributed by atoms with E-state index in [0.717, 1.165) is 18.4 Å². The summed E-state index contributed by atoms with van der Waals surface area (Å²) in [6.45, 7) is 4.54. The second-order valence-electron chi connectivity index (χ2n) is 7.17. The van der Waals surface area contributed by atoms with E-state index in [4.69, 9.17) is 4.74 Å². The van der Waals surface area contributed by atoms with Crippen LogP contribution in [0, 0.1) is 0 Å². The van der Waals surface area contributed by atoms with E-state index in [1.807, 2.05) is 24.3 Å². The van der Waals surface area contributed by atoms with Crippen LogP contribution < -0.4 is 0 Å². The van der Waals surface area contributed by atoms with Crippen molar-refractivity contribution in [3.8, 4) is 0 Å². The molecule has 0 radical (unpaired) electrons. The number of esters is 1. The van der Waals surface area contributed by atoms with E-state index in [1.165, 1.54) is 29.1 Å². The molecule has 3 rings (SSSR count). The molecule has 6 heteroatoms. The summed E-state index contributed by atoms with van der Waals surface area (Å²) >= 11 is 0. The van der Waals surface area contributed by atoms with Crippen molar-refractivity contribution < 1.29 is 17.9 Å². The molecule has 27 heavy (non-hydrogen) atoms. The van der Waals surface area contributed by atoms with Crippen molar-refractivity contribution in [3.63, 3.8) is 0 Å². The minimum Gasteiger partial charge on any atom is -0.465 e. The lowest BCUT2D eigenvalue weighted by atomic mass is 10.0. The highest BCUT2D eigenvalue weighted by Gasteiger charge is 2.39. The Kier molecular flexibility index (Phi) is 5.67. The summed E-state index contributed by atoms with van der Waals surface area (Å²) in [5.41, 5.74) is 2.22. The lowest BCUT2D eigenvalue weighted by Crippen LogP contribution is -2.33. The Morgan fingerprint density at radius 2 is 1.74 bits per heavy atom. The zero-order valence-electron chi connectivity index (χ0n) is 15.9. The van der Waals surface area contributed by atoms with E-state index in [0.29, 0.717) is 12.5 Å². The van der Waals surface area contributed by atoms with Gasteiger partial charge in [-0.2, -0.15) is 4.31 Å². The molecule has 144 valence electrons. The Labute approximate surface area is 161 Å². The maximum atomic E-state index is 13.4. The van der Waals surface area contributed by atoms with E-state index in [1.54, 1.807) is 12.1 Å². The van der Waals surface area contributed by atoms with Gasteiger partial charge in [0, 0.05) is 12.6 Å². The van der Waals surface area contributed by atoms with E-state index >= 15 is 0 Å². The van der Waals surface area contributed by atoms with Gasteiger partial charge in [0.15, 0.2) is 0 Å². The molecule has 0 spiro atoms. The van der Waals surface area contributed by atoms with Crippen LogP contribution in [0.2, 0.25) is 0 Å². The zero-order valence-corrected chi connectivity index (χ0v) is 16.7. The van der Waals surface area contributed by atoms with E-state index in [2.05, 4.69) is 13.8 Å². The Balaban J connectivity index is 1.94. The first kappa shape index (κ1) is 19.6. The molecule has 0 atom stereocenters. The summed E-state index contributed by atoms with van der Waals surface area (Å²) in [5, 5.41) is 0. The smallest absolute Gasteiger partial charge is 0.339 e. The number of carbonyl (C=O) groups excluding carboxylic acids is 1. The molecule has 0 aliphatic heterocycles. The fourth-order valence-corrected chi connectivity index (χ4v) is 4.91. The first-order valence-electron chi connectivity index (χ1n) is 9.12. The zero-order chi connectivity index (χ0) is 19.6. The monoisotopic (exact) mass is 387 g/mol. The number of methoxy groups -OCH3 is 1. The summed E-state index contributed by atoms with van der Waals surface area (Å²) in [7, 11) is -2.57. The molecule has 0 N–H and O–H groups in total. The fourth-order valence-electron chi connectivity index (χ4n) is 3.06. The van der Waals surface area contributed by atoms with Gasteiger partial charge in [-0.1, -0.05) is 50.2 Å². The normalized spacial score (nSPS) is 14.6. The highest BCUT2D eigenvalue weighted by atomic mass is 32.2. The molecule has 2 aromatic carbocycles. The predicted molar refractivity (Wildman–Crippen MR) is 104 cm³/mol. The summed E-state index contributed by atoms with van der Waals surface area (Å²) in [6, 6.07) is 14.2. The van der Waals surface area contributed by atoms with Gasteiger partial charge < -0.3 is 4.74 Å². The highest BCUT2D eigenvalue weighted by Crippen LogP contribution is 2.34. The van der Waals surface area contributed by atoms with Crippen molar-refractivity contribution in [2.75, 3.05) is 7.11 Å².